The molecule has 1 aromatic heterocycles. The molecule has 1 fully saturated rings. The van der Waals surface area contributed by atoms with E-state index >= 15 is 0 Å². The maximum atomic E-state index is 12.5. The van der Waals surface area contributed by atoms with E-state index in [1.54, 1.807) is 0 Å². The molecule has 0 spiro atoms. The van der Waals surface area contributed by atoms with Gasteiger partial charge in [-0.05, 0) is 37.0 Å². The number of nitrogens with one attached hydrogen (secondary N) is 1. The highest BCUT2D eigenvalue weighted by atomic mass is 32.1. The molecule has 3 rings (SSSR count). The van der Waals surface area contributed by atoms with Gasteiger partial charge in [-0.25, -0.2) is 4.98 Å². The summed E-state index contributed by atoms with van der Waals surface area (Å²) in [7, 11) is 0. The van der Waals surface area contributed by atoms with Crippen LogP contribution < -0.4 is 5.32 Å². The highest BCUT2D eigenvalue weighted by molar-refractivity contribution is 7.22. The Kier molecular flexibility index (Phi) is 2.69. The average molecular weight is 272 g/mol. The molecule has 1 N–H and O–H groups in total. The van der Waals surface area contributed by atoms with Crippen molar-refractivity contribution in [1.82, 2.24) is 4.98 Å². The summed E-state index contributed by atoms with van der Waals surface area (Å²) in [4.78, 5) is 4.19. The number of nitrogens with zero attached hydrogens (tertiary/aromatic N) is 1. The average Bonchev–Trinajstić information content (AvgIpc) is 3.03. The van der Waals surface area contributed by atoms with Crippen LogP contribution in [0, 0.1) is 5.92 Å². The van der Waals surface area contributed by atoms with Crippen molar-refractivity contribution in [3.63, 3.8) is 0 Å². The van der Waals surface area contributed by atoms with E-state index in [0.29, 0.717) is 16.6 Å². The Bertz CT molecular complexity index is 572. The molecule has 0 radical (unpaired) electrons. The highest BCUT2D eigenvalue weighted by Gasteiger charge is 2.30. The zero-order valence-electron chi connectivity index (χ0n) is 9.42. The molecule has 0 aliphatic heterocycles. The monoisotopic (exact) mass is 272 g/mol. The van der Waals surface area contributed by atoms with Crippen LogP contribution >= 0.6 is 11.3 Å². The van der Waals surface area contributed by atoms with Gasteiger partial charge in [0.25, 0.3) is 0 Å². The van der Waals surface area contributed by atoms with Crippen molar-refractivity contribution in [2.45, 2.75) is 19.0 Å². The van der Waals surface area contributed by atoms with Crippen LogP contribution in [0.5, 0.6) is 0 Å². The molecule has 0 amide bonds. The molecule has 0 atom stereocenters. The van der Waals surface area contributed by atoms with Gasteiger partial charge in [0.1, 0.15) is 0 Å². The molecule has 6 heteroatoms. The molecular weight excluding hydrogens is 261 g/mol. The van der Waals surface area contributed by atoms with Crippen molar-refractivity contribution in [3.8, 4) is 0 Å². The lowest BCUT2D eigenvalue weighted by atomic mass is 10.2. The van der Waals surface area contributed by atoms with Crippen LogP contribution in [0.3, 0.4) is 0 Å². The SMILES string of the molecule is FC(F)(F)c1ccc2sc(NCC3CC3)nc2c1. The third-order valence-electron chi connectivity index (χ3n) is 2.95. The summed E-state index contributed by atoms with van der Waals surface area (Å²) in [6.45, 7) is 0.867. The predicted octanol–water partition coefficient (Wildman–Crippen LogP) is 4.14. The molecule has 1 heterocycles. The fraction of sp³-hybridized carbons (Fsp3) is 0.417. The van der Waals surface area contributed by atoms with Crippen LogP contribution in [0.4, 0.5) is 18.3 Å². The topological polar surface area (TPSA) is 24.9 Å². The van der Waals surface area contributed by atoms with Gasteiger partial charge < -0.3 is 5.32 Å². The second kappa shape index (κ2) is 4.12. The Balaban J connectivity index is 1.86. The number of hydrogen-bond acceptors (Lipinski definition) is 3. The van der Waals surface area contributed by atoms with Gasteiger partial charge in [0.05, 0.1) is 15.8 Å². The maximum absolute atomic E-state index is 12.5. The molecule has 0 saturated heterocycles. The van der Waals surface area contributed by atoms with Gasteiger partial charge in [-0.2, -0.15) is 13.2 Å². The van der Waals surface area contributed by atoms with Gasteiger partial charge in [0.2, 0.25) is 0 Å². The number of rotatable bonds is 3. The van der Waals surface area contributed by atoms with Crippen molar-refractivity contribution in [2.75, 3.05) is 11.9 Å². The van der Waals surface area contributed by atoms with Crippen molar-refractivity contribution < 1.29 is 13.2 Å². The quantitative estimate of drug-likeness (QED) is 0.908. The number of halogens is 3. The summed E-state index contributed by atoms with van der Waals surface area (Å²) >= 11 is 1.40. The minimum Gasteiger partial charge on any atom is -0.361 e. The van der Waals surface area contributed by atoms with E-state index in [9.17, 15) is 13.2 Å². The van der Waals surface area contributed by atoms with E-state index in [0.717, 1.165) is 23.4 Å². The van der Waals surface area contributed by atoms with Gasteiger partial charge in [-0.15, -0.1) is 0 Å². The van der Waals surface area contributed by atoms with Gasteiger partial charge in [0.15, 0.2) is 5.13 Å². The lowest BCUT2D eigenvalue weighted by Crippen LogP contribution is -2.04. The maximum Gasteiger partial charge on any atom is 0.416 e. The summed E-state index contributed by atoms with van der Waals surface area (Å²) in [5.41, 5.74) is -0.234. The largest absolute Gasteiger partial charge is 0.416 e. The Morgan fingerprint density at radius 1 is 1.33 bits per heavy atom. The van der Waals surface area contributed by atoms with Gasteiger partial charge in [-0.1, -0.05) is 11.3 Å². The first kappa shape index (κ1) is 11.8. The van der Waals surface area contributed by atoms with Crippen LogP contribution in [0.25, 0.3) is 10.2 Å². The van der Waals surface area contributed by atoms with Crippen molar-refractivity contribution in [1.29, 1.82) is 0 Å². The third-order valence-corrected chi connectivity index (χ3v) is 3.95. The Morgan fingerprint density at radius 2 is 2.11 bits per heavy atom. The number of fused-ring (bicyclic) bond motifs is 1. The number of anilines is 1. The Morgan fingerprint density at radius 3 is 2.78 bits per heavy atom. The van der Waals surface area contributed by atoms with Crippen LogP contribution in [0.15, 0.2) is 18.2 Å². The van der Waals surface area contributed by atoms with E-state index in [1.165, 1.54) is 30.2 Å². The van der Waals surface area contributed by atoms with Crippen LogP contribution in [-0.4, -0.2) is 11.5 Å². The van der Waals surface area contributed by atoms with Crippen LogP contribution in [0.2, 0.25) is 0 Å². The van der Waals surface area contributed by atoms with E-state index in [2.05, 4.69) is 10.3 Å². The molecule has 18 heavy (non-hydrogen) atoms. The zero-order valence-corrected chi connectivity index (χ0v) is 10.2. The normalized spacial score (nSPS) is 16.2. The van der Waals surface area contributed by atoms with E-state index < -0.39 is 11.7 Å². The summed E-state index contributed by atoms with van der Waals surface area (Å²) in [5.74, 6) is 0.711. The molecule has 1 aliphatic rings. The van der Waals surface area contributed by atoms with Crippen molar-refractivity contribution in [2.24, 2.45) is 5.92 Å². The number of alkyl halides is 3. The molecule has 96 valence electrons. The Labute approximate surface area is 106 Å². The first-order valence-corrected chi connectivity index (χ1v) is 6.56. The first-order valence-electron chi connectivity index (χ1n) is 5.74. The fourth-order valence-electron chi connectivity index (χ4n) is 1.73. The first-order chi connectivity index (χ1) is 8.52. The molecule has 0 bridgehead atoms. The second-order valence-electron chi connectivity index (χ2n) is 4.52. The lowest BCUT2D eigenvalue weighted by molar-refractivity contribution is -0.137. The molecule has 1 aliphatic carbocycles. The van der Waals surface area contributed by atoms with Gasteiger partial charge >= 0.3 is 6.18 Å². The predicted molar refractivity (Wildman–Crippen MR) is 65.8 cm³/mol. The highest BCUT2D eigenvalue weighted by Crippen LogP contribution is 2.34. The Hall–Kier alpha value is -1.30. The molecule has 1 aromatic carbocycles. The number of benzene rings is 1. The third kappa shape index (κ3) is 2.43. The van der Waals surface area contributed by atoms with Crippen LogP contribution in [-0.2, 0) is 6.18 Å². The summed E-state index contributed by atoms with van der Waals surface area (Å²) in [6, 6.07) is 3.69. The van der Waals surface area contributed by atoms with Gasteiger partial charge in [0, 0.05) is 6.54 Å². The van der Waals surface area contributed by atoms with E-state index in [1.807, 2.05) is 0 Å². The van der Waals surface area contributed by atoms with Crippen molar-refractivity contribution in [3.05, 3.63) is 23.8 Å². The summed E-state index contributed by atoms with van der Waals surface area (Å²) in [6.07, 6.45) is -1.84. The molecular formula is C12H11F3N2S. The zero-order chi connectivity index (χ0) is 12.8. The fourth-order valence-corrected chi connectivity index (χ4v) is 2.59. The number of aromatic nitrogens is 1. The van der Waals surface area contributed by atoms with Crippen molar-refractivity contribution >= 4 is 26.7 Å². The molecule has 2 aromatic rings. The number of hydrogen-bond donors (Lipinski definition) is 1. The second-order valence-corrected chi connectivity index (χ2v) is 5.55. The minimum atomic E-state index is -4.31. The smallest absolute Gasteiger partial charge is 0.361 e. The molecule has 1 saturated carbocycles. The standard InChI is InChI=1S/C12H11F3N2S/c13-12(14,15)8-3-4-10-9(5-8)17-11(18-10)16-6-7-1-2-7/h3-5,7H,1-2,6H2,(H,16,17). The lowest BCUT2D eigenvalue weighted by Gasteiger charge is -2.04. The van der Waals surface area contributed by atoms with E-state index in [4.69, 9.17) is 0 Å². The number of thiazole rings is 1. The molecule has 0 unspecified atom stereocenters. The summed E-state index contributed by atoms with van der Waals surface area (Å²) in [5, 5.41) is 3.89. The van der Waals surface area contributed by atoms with E-state index in [-0.39, 0.29) is 0 Å². The summed E-state index contributed by atoms with van der Waals surface area (Å²) < 4.78 is 38.4. The van der Waals surface area contributed by atoms with Gasteiger partial charge in [-0.3, -0.25) is 0 Å². The van der Waals surface area contributed by atoms with Crippen LogP contribution in [0.1, 0.15) is 18.4 Å². The molecule has 2 nitrogen and oxygen atoms in total. The minimum absolute atomic E-state index is 0.410.